The lowest BCUT2D eigenvalue weighted by molar-refractivity contribution is 0.0125. The molecule has 0 rings (SSSR count). The molecule has 0 atom stereocenters. The summed E-state index contributed by atoms with van der Waals surface area (Å²) in [6, 6.07) is 0. The van der Waals surface area contributed by atoms with Gasteiger partial charge >= 0.3 is 6.16 Å². The van der Waals surface area contributed by atoms with Crippen molar-refractivity contribution in [2.75, 3.05) is 33.0 Å². The maximum atomic E-state index is 9.76. The van der Waals surface area contributed by atoms with Gasteiger partial charge in [-0.05, 0) is 6.42 Å². The summed E-state index contributed by atoms with van der Waals surface area (Å²) in [4.78, 5) is 9.76. The zero-order valence-corrected chi connectivity index (χ0v) is 7.78. The van der Waals surface area contributed by atoms with Crippen LogP contribution in [0, 0.1) is 0 Å². The van der Waals surface area contributed by atoms with Crippen LogP contribution in [0.5, 0.6) is 0 Å². The Balaban J connectivity index is 2.87. The van der Waals surface area contributed by atoms with Crippen molar-refractivity contribution in [2.24, 2.45) is 0 Å². The largest absolute Gasteiger partial charge is 0.550 e. The summed E-state index contributed by atoms with van der Waals surface area (Å²) in [5, 5.41) is 9.76. The molecule has 0 aliphatic heterocycles. The van der Waals surface area contributed by atoms with Crippen molar-refractivity contribution in [3.8, 4) is 0 Å². The van der Waals surface area contributed by atoms with E-state index >= 15 is 0 Å². The molecule has 0 aromatic rings. The quantitative estimate of drug-likeness (QED) is 0.424. The van der Waals surface area contributed by atoms with E-state index in [0.29, 0.717) is 13.2 Å². The highest BCUT2D eigenvalue weighted by Crippen LogP contribution is 1.83. The molecule has 0 saturated carbocycles. The van der Waals surface area contributed by atoms with Gasteiger partial charge < -0.3 is 14.2 Å². The Morgan fingerprint density at radius 2 is 1.54 bits per heavy atom. The second-order valence-corrected chi connectivity index (χ2v) is 2.32. The van der Waals surface area contributed by atoms with Gasteiger partial charge in [0.25, 0.3) is 0 Å². The average molecular weight is 191 g/mol. The summed E-state index contributed by atoms with van der Waals surface area (Å²) < 4.78 is 14.2. The Morgan fingerprint density at radius 3 is 2.08 bits per heavy atom. The van der Waals surface area contributed by atoms with E-state index in [1.807, 2.05) is 6.92 Å². The molecule has 0 aromatic heterocycles. The Kier molecular flexibility index (Phi) is 8.70. The minimum Gasteiger partial charge on any atom is -0.429 e. The molecule has 0 heterocycles. The highest BCUT2D eigenvalue weighted by molar-refractivity contribution is 5.56. The standard InChI is InChI=1S/C8H15O5/c1-2-3-11-4-5-12-6-7-13-8(9)10/h2-7H2,1H3. The second-order valence-electron chi connectivity index (χ2n) is 2.32. The van der Waals surface area contributed by atoms with Crippen molar-refractivity contribution in [1.29, 1.82) is 0 Å². The fourth-order valence-electron chi connectivity index (χ4n) is 0.650. The zero-order valence-electron chi connectivity index (χ0n) is 7.78. The topological polar surface area (TPSA) is 64.7 Å². The lowest BCUT2D eigenvalue weighted by Gasteiger charge is -2.03. The lowest BCUT2D eigenvalue weighted by atomic mass is 10.5. The monoisotopic (exact) mass is 191 g/mol. The average Bonchev–Trinajstić information content (AvgIpc) is 2.09. The third-order valence-corrected chi connectivity index (χ3v) is 1.17. The van der Waals surface area contributed by atoms with Crippen LogP contribution in [0.15, 0.2) is 0 Å². The van der Waals surface area contributed by atoms with Gasteiger partial charge in [0.2, 0.25) is 0 Å². The summed E-state index contributed by atoms with van der Waals surface area (Å²) in [6.07, 6.45) is -0.542. The smallest absolute Gasteiger partial charge is 0.429 e. The maximum Gasteiger partial charge on any atom is 0.550 e. The SMILES string of the molecule is CCCOCCOCCOC([O])=O. The first-order valence-electron chi connectivity index (χ1n) is 4.26. The van der Waals surface area contributed by atoms with Crippen LogP contribution in [0.1, 0.15) is 13.3 Å². The third kappa shape index (κ3) is 11.2. The van der Waals surface area contributed by atoms with Crippen molar-refractivity contribution in [3.63, 3.8) is 0 Å². The molecule has 77 valence electrons. The minimum atomic E-state index is -1.52. The zero-order chi connectivity index (χ0) is 9.94. The minimum absolute atomic E-state index is 0.0100. The van der Waals surface area contributed by atoms with E-state index in [2.05, 4.69) is 4.74 Å². The maximum absolute atomic E-state index is 9.76. The summed E-state index contributed by atoms with van der Waals surface area (Å²) in [5.41, 5.74) is 0. The van der Waals surface area contributed by atoms with E-state index in [1.54, 1.807) is 0 Å². The van der Waals surface area contributed by atoms with Crippen LogP contribution >= 0.6 is 0 Å². The van der Waals surface area contributed by atoms with E-state index < -0.39 is 6.16 Å². The van der Waals surface area contributed by atoms with Crippen molar-refractivity contribution in [3.05, 3.63) is 0 Å². The van der Waals surface area contributed by atoms with Crippen molar-refractivity contribution in [2.45, 2.75) is 13.3 Å². The molecular weight excluding hydrogens is 176 g/mol. The molecular formula is C8H15O5. The molecule has 0 N–H and O–H groups in total. The summed E-state index contributed by atoms with van der Waals surface area (Å²) in [7, 11) is 0. The van der Waals surface area contributed by atoms with Crippen LogP contribution in [0.3, 0.4) is 0 Å². The van der Waals surface area contributed by atoms with Gasteiger partial charge in [0.15, 0.2) is 0 Å². The van der Waals surface area contributed by atoms with Gasteiger partial charge in [-0.2, -0.15) is 9.90 Å². The van der Waals surface area contributed by atoms with E-state index in [0.717, 1.165) is 13.0 Å². The number of hydrogen-bond acceptors (Lipinski definition) is 4. The van der Waals surface area contributed by atoms with Gasteiger partial charge in [-0.15, -0.1) is 0 Å². The van der Waals surface area contributed by atoms with Crippen LogP contribution in [-0.4, -0.2) is 39.2 Å². The molecule has 0 aliphatic rings. The molecule has 5 heteroatoms. The molecule has 0 bridgehead atoms. The van der Waals surface area contributed by atoms with E-state index in [-0.39, 0.29) is 13.2 Å². The van der Waals surface area contributed by atoms with E-state index in [4.69, 9.17) is 9.47 Å². The van der Waals surface area contributed by atoms with Gasteiger partial charge in [0.05, 0.1) is 19.8 Å². The highest BCUT2D eigenvalue weighted by atomic mass is 16.7. The number of hydrogen-bond donors (Lipinski definition) is 0. The Labute approximate surface area is 77.6 Å². The summed E-state index contributed by atoms with van der Waals surface area (Å²) in [5.74, 6) is 0. The summed E-state index contributed by atoms with van der Waals surface area (Å²) in [6.45, 7) is 3.97. The first-order chi connectivity index (χ1) is 6.27. The third-order valence-electron chi connectivity index (χ3n) is 1.17. The lowest BCUT2D eigenvalue weighted by Crippen LogP contribution is -2.11. The molecule has 0 unspecified atom stereocenters. The molecule has 5 nitrogen and oxygen atoms in total. The Bertz CT molecular complexity index is 126. The van der Waals surface area contributed by atoms with Crippen LogP contribution in [0.25, 0.3) is 0 Å². The van der Waals surface area contributed by atoms with Crippen molar-refractivity contribution < 1.29 is 24.1 Å². The molecule has 0 aromatic carbocycles. The molecule has 0 fully saturated rings. The second kappa shape index (κ2) is 9.28. The van der Waals surface area contributed by atoms with Crippen LogP contribution < -0.4 is 0 Å². The molecule has 1 radical (unpaired) electrons. The fraction of sp³-hybridized carbons (Fsp3) is 0.875. The first-order valence-corrected chi connectivity index (χ1v) is 4.26. The van der Waals surface area contributed by atoms with Crippen LogP contribution in [0.2, 0.25) is 0 Å². The normalized spacial score (nSPS) is 9.92. The molecule has 0 spiro atoms. The first kappa shape index (κ1) is 12.2. The van der Waals surface area contributed by atoms with Gasteiger partial charge in [0, 0.05) is 6.61 Å². The molecule has 0 amide bonds. The van der Waals surface area contributed by atoms with Crippen LogP contribution in [0.4, 0.5) is 4.79 Å². The van der Waals surface area contributed by atoms with Gasteiger partial charge in [-0.1, -0.05) is 6.92 Å². The molecule has 0 aliphatic carbocycles. The van der Waals surface area contributed by atoms with Gasteiger partial charge in [-0.3, -0.25) is 0 Å². The van der Waals surface area contributed by atoms with Crippen molar-refractivity contribution >= 4 is 6.16 Å². The van der Waals surface area contributed by atoms with Gasteiger partial charge in [-0.25, -0.2) is 0 Å². The summed E-state index contributed by atoms with van der Waals surface area (Å²) >= 11 is 0. The van der Waals surface area contributed by atoms with E-state index in [1.165, 1.54) is 0 Å². The predicted molar refractivity (Wildman–Crippen MR) is 44.0 cm³/mol. The van der Waals surface area contributed by atoms with Crippen LogP contribution in [-0.2, 0) is 19.3 Å². The number of ether oxygens (including phenoxy) is 3. The molecule has 0 saturated heterocycles. The Hall–Kier alpha value is -0.810. The van der Waals surface area contributed by atoms with E-state index in [9.17, 15) is 9.90 Å². The van der Waals surface area contributed by atoms with Crippen molar-refractivity contribution in [1.82, 2.24) is 0 Å². The number of carbonyl (C=O) groups is 1. The number of carbonyl (C=O) groups excluding carboxylic acids is 1. The van der Waals surface area contributed by atoms with Gasteiger partial charge in [0.1, 0.15) is 6.61 Å². The number of rotatable bonds is 8. The highest BCUT2D eigenvalue weighted by Gasteiger charge is 1.97. The Morgan fingerprint density at radius 1 is 1.00 bits per heavy atom. The predicted octanol–water partition coefficient (Wildman–Crippen LogP) is 0.997. The fourth-order valence-corrected chi connectivity index (χ4v) is 0.650. The molecule has 13 heavy (non-hydrogen) atoms.